The van der Waals surface area contributed by atoms with Crippen molar-refractivity contribution in [2.75, 3.05) is 27.7 Å². The molecule has 0 aromatic rings. The lowest BCUT2D eigenvalue weighted by Crippen LogP contribution is -2.41. The smallest absolute Gasteiger partial charge is 0.376 e. The molecule has 0 rings (SSSR count). The molecule has 0 amide bonds. The Labute approximate surface area is 100 Å². The second-order valence-corrected chi connectivity index (χ2v) is 6.62. The fourth-order valence-electron chi connectivity index (χ4n) is 0.801. The summed E-state index contributed by atoms with van der Waals surface area (Å²) < 4.78 is 15.8. The van der Waals surface area contributed by atoms with Gasteiger partial charge >= 0.3 is 13.6 Å². The quantitative estimate of drug-likeness (QED) is 0.236. The SMILES string of the molecule is C=C(C)C(=O)OOP(=O)(O)C(O)C[N+](C)(C)C. The third-order valence-corrected chi connectivity index (χ3v) is 2.86. The predicted octanol–water partition coefficient (Wildman–Crippen LogP) is 0.247. The number of carbonyl (C=O) groups excluding carboxylic acids is 1. The number of hydrogen-bond donors (Lipinski definition) is 2. The highest BCUT2D eigenvalue weighted by molar-refractivity contribution is 7.53. The van der Waals surface area contributed by atoms with Gasteiger partial charge in [0.2, 0.25) is 5.85 Å². The van der Waals surface area contributed by atoms with Crippen LogP contribution in [0.3, 0.4) is 0 Å². The normalized spacial score (nSPS) is 17.1. The number of aliphatic hydroxyl groups excluding tert-OH is 1. The molecule has 0 saturated heterocycles. The summed E-state index contributed by atoms with van der Waals surface area (Å²) in [6, 6.07) is 0. The molecule has 2 N–H and O–H groups in total. The van der Waals surface area contributed by atoms with Gasteiger partial charge in [0, 0.05) is 5.57 Å². The largest absolute Gasteiger partial charge is 0.400 e. The Kier molecular flexibility index (Phi) is 5.51. The van der Waals surface area contributed by atoms with E-state index in [1.807, 2.05) is 0 Å². The maximum atomic E-state index is 11.5. The van der Waals surface area contributed by atoms with Crippen LogP contribution in [-0.2, 0) is 18.9 Å². The van der Waals surface area contributed by atoms with Gasteiger partial charge in [-0.25, -0.2) is 4.79 Å². The van der Waals surface area contributed by atoms with E-state index in [1.165, 1.54) is 6.92 Å². The van der Waals surface area contributed by atoms with Crippen LogP contribution < -0.4 is 0 Å². The molecule has 0 aliphatic carbocycles. The van der Waals surface area contributed by atoms with Gasteiger partial charge in [-0.1, -0.05) is 11.3 Å². The Morgan fingerprint density at radius 1 is 1.47 bits per heavy atom. The zero-order chi connectivity index (χ0) is 13.9. The van der Waals surface area contributed by atoms with Crippen LogP contribution in [0.25, 0.3) is 0 Å². The van der Waals surface area contributed by atoms with Gasteiger partial charge < -0.3 is 14.5 Å². The number of nitrogens with zero attached hydrogens (tertiary/aromatic N) is 1. The number of aliphatic hydroxyl groups is 1. The molecule has 0 aliphatic heterocycles. The predicted molar refractivity (Wildman–Crippen MR) is 60.7 cm³/mol. The Morgan fingerprint density at radius 2 is 1.94 bits per heavy atom. The number of quaternary nitrogens is 1. The first-order chi connectivity index (χ1) is 7.46. The minimum Gasteiger partial charge on any atom is -0.376 e. The molecule has 17 heavy (non-hydrogen) atoms. The lowest BCUT2D eigenvalue weighted by atomic mass is 10.4. The standard InChI is InChI=1S/C9H18NO6P/c1-7(2)9(12)15-16-17(13,14)8(11)6-10(3,4)5/h8,11H,1,6H2,2-5H3/p+1. The summed E-state index contributed by atoms with van der Waals surface area (Å²) in [6.45, 7) is 4.60. The van der Waals surface area contributed by atoms with Crippen LogP contribution in [-0.4, -0.2) is 54.0 Å². The summed E-state index contributed by atoms with van der Waals surface area (Å²) in [5.74, 6) is -2.60. The highest BCUT2D eigenvalue weighted by Crippen LogP contribution is 2.47. The zero-order valence-electron chi connectivity index (χ0n) is 10.4. The molecule has 0 aliphatic rings. The molecule has 0 spiro atoms. The number of rotatable bonds is 6. The Morgan fingerprint density at radius 3 is 2.29 bits per heavy atom. The van der Waals surface area contributed by atoms with E-state index < -0.39 is 19.4 Å². The van der Waals surface area contributed by atoms with E-state index in [4.69, 9.17) is 0 Å². The summed E-state index contributed by atoms with van der Waals surface area (Å²) >= 11 is 0. The fraction of sp³-hybridized carbons (Fsp3) is 0.667. The van der Waals surface area contributed by atoms with Crippen LogP contribution in [0.15, 0.2) is 12.2 Å². The van der Waals surface area contributed by atoms with Crippen LogP contribution in [0.5, 0.6) is 0 Å². The second-order valence-electron chi connectivity index (χ2n) is 4.74. The molecule has 2 atom stereocenters. The third kappa shape index (κ3) is 6.55. The van der Waals surface area contributed by atoms with Gasteiger partial charge in [-0.2, -0.15) is 0 Å². The molecular weight excluding hydrogens is 249 g/mol. The number of hydrogen-bond acceptors (Lipinski definition) is 5. The van der Waals surface area contributed by atoms with Gasteiger partial charge in [0.05, 0.1) is 21.1 Å². The van der Waals surface area contributed by atoms with Crippen LogP contribution in [0.2, 0.25) is 0 Å². The highest BCUT2D eigenvalue weighted by Gasteiger charge is 2.37. The first kappa shape index (κ1) is 16.3. The van der Waals surface area contributed by atoms with E-state index in [9.17, 15) is 19.4 Å². The van der Waals surface area contributed by atoms with Gasteiger partial charge in [0.25, 0.3) is 0 Å². The van der Waals surface area contributed by atoms with Gasteiger partial charge in [0.15, 0.2) is 0 Å². The topological polar surface area (TPSA) is 93.1 Å². The summed E-state index contributed by atoms with van der Waals surface area (Å²) in [5.41, 5.74) is 0.0195. The fourth-order valence-corrected chi connectivity index (χ4v) is 1.77. The van der Waals surface area contributed by atoms with Gasteiger partial charge in [-0.05, 0) is 6.92 Å². The van der Waals surface area contributed by atoms with Crippen molar-refractivity contribution in [2.24, 2.45) is 0 Å². The molecule has 0 bridgehead atoms. The third-order valence-electron chi connectivity index (χ3n) is 1.66. The molecule has 0 fully saturated rings. The van der Waals surface area contributed by atoms with Crippen LogP contribution in [0.1, 0.15) is 6.92 Å². The Hall–Kier alpha value is -0.720. The van der Waals surface area contributed by atoms with E-state index in [1.54, 1.807) is 21.1 Å². The lowest BCUT2D eigenvalue weighted by molar-refractivity contribution is -0.872. The molecule has 100 valence electrons. The van der Waals surface area contributed by atoms with Gasteiger partial charge in [0.1, 0.15) is 6.54 Å². The summed E-state index contributed by atoms with van der Waals surface area (Å²) in [4.78, 5) is 24.4. The van der Waals surface area contributed by atoms with E-state index in [2.05, 4.69) is 16.1 Å². The van der Waals surface area contributed by atoms with E-state index in [-0.39, 0.29) is 16.6 Å². The summed E-state index contributed by atoms with van der Waals surface area (Å²) in [7, 11) is 0.758. The van der Waals surface area contributed by atoms with E-state index in [0.29, 0.717) is 0 Å². The van der Waals surface area contributed by atoms with Gasteiger partial charge in [-0.15, -0.1) is 0 Å². The molecular formula is C9H19NO6P+. The molecule has 0 saturated carbocycles. The number of carbonyl (C=O) groups is 1. The van der Waals surface area contributed by atoms with Crippen molar-refractivity contribution in [3.8, 4) is 0 Å². The summed E-state index contributed by atoms with van der Waals surface area (Å²) in [6.07, 6.45) is 0. The second kappa shape index (κ2) is 5.75. The van der Waals surface area contributed by atoms with Crippen molar-refractivity contribution >= 4 is 13.6 Å². The first-order valence-corrected chi connectivity index (χ1v) is 6.47. The molecule has 0 heterocycles. The molecule has 8 heteroatoms. The average Bonchev–Trinajstić information content (AvgIpc) is 2.11. The van der Waals surface area contributed by atoms with E-state index >= 15 is 0 Å². The molecule has 2 unspecified atom stereocenters. The Balaban J connectivity index is 4.43. The van der Waals surface area contributed by atoms with Crippen molar-refractivity contribution in [1.29, 1.82) is 0 Å². The van der Waals surface area contributed by atoms with Crippen molar-refractivity contribution in [3.63, 3.8) is 0 Å². The molecule has 0 radical (unpaired) electrons. The molecule has 7 nitrogen and oxygen atoms in total. The Bertz CT molecular complexity index is 348. The van der Waals surface area contributed by atoms with Crippen molar-refractivity contribution in [1.82, 2.24) is 0 Å². The maximum absolute atomic E-state index is 11.5. The summed E-state index contributed by atoms with van der Waals surface area (Å²) in [5, 5.41) is 9.50. The first-order valence-electron chi connectivity index (χ1n) is 4.83. The van der Waals surface area contributed by atoms with Crippen LogP contribution in [0, 0.1) is 0 Å². The maximum Gasteiger partial charge on any atom is 0.400 e. The monoisotopic (exact) mass is 268 g/mol. The van der Waals surface area contributed by atoms with Crippen LogP contribution in [0.4, 0.5) is 0 Å². The zero-order valence-corrected chi connectivity index (χ0v) is 11.3. The average molecular weight is 268 g/mol. The van der Waals surface area contributed by atoms with Crippen molar-refractivity contribution in [2.45, 2.75) is 12.8 Å². The van der Waals surface area contributed by atoms with E-state index in [0.717, 1.165) is 0 Å². The minimum absolute atomic E-state index is 0.0195. The van der Waals surface area contributed by atoms with Crippen LogP contribution >= 0.6 is 7.60 Å². The molecule has 0 aromatic carbocycles. The van der Waals surface area contributed by atoms with Gasteiger partial charge in [-0.3, -0.25) is 9.45 Å². The van der Waals surface area contributed by atoms with Crippen molar-refractivity contribution in [3.05, 3.63) is 12.2 Å². The lowest BCUT2D eigenvalue weighted by Gasteiger charge is -2.27. The molecule has 0 aromatic heterocycles. The minimum atomic E-state index is -4.42. The van der Waals surface area contributed by atoms with Crippen molar-refractivity contribution < 1.29 is 33.4 Å². The highest BCUT2D eigenvalue weighted by atomic mass is 31.2. The number of likely N-dealkylation sites (N-methyl/N-ethyl adjacent to an activating group) is 1.